The van der Waals surface area contributed by atoms with Gasteiger partial charge in [0.2, 0.25) is 0 Å². The Kier molecular flexibility index (Phi) is 4.42. The van der Waals surface area contributed by atoms with Gasteiger partial charge in [-0.25, -0.2) is 18.5 Å². The topological polar surface area (TPSA) is 106 Å². The van der Waals surface area contributed by atoms with E-state index >= 15 is 0 Å². The number of carbonyl (C=O) groups excluding carboxylic acids is 1. The molecule has 3 rings (SSSR count). The van der Waals surface area contributed by atoms with Crippen molar-refractivity contribution in [1.82, 2.24) is 9.88 Å². The molecule has 1 aliphatic heterocycles. The predicted octanol–water partition coefficient (Wildman–Crippen LogP) is 1.94. The maximum Gasteiger partial charge on any atom is 0.256 e. The van der Waals surface area contributed by atoms with E-state index in [9.17, 15) is 13.2 Å². The van der Waals surface area contributed by atoms with Gasteiger partial charge in [-0.2, -0.15) is 0 Å². The number of pyridine rings is 1. The van der Waals surface area contributed by atoms with E-state index in [1.807, 2.05) is 6.07 Å². The summed E-state index contributed by atoms with van der Waals surface area (Å²) in [4.78, 5) is 18.4. The summed E-state index contributed by atoms with van der Waals surface area (Å²) in [6.07, 6.45) is 4.58. The first-order valence-electron chi connectivity index (χ1n) is 7.69. The maximum atomic E-state index is 12.8. The van der Waals surface area contributed by atoms with E-state index in [0.29, 0.717) is 18.0 Å². The summed E-state index contributed by atoms with van der Waals surface area (Å²) >= 11 is 0. The quantitative estimate of drug-likeness (QED) is 0.911. The summed E-state index contributed by atoms with van der Waals surface area (Å²) in [5.41, 5.74) is 0.327. The van der Waals surface area contributed by atoms with Crippen LogP contribution in [0, 0.1) is 5.92 Å². The second-order valence-electron chi connectivity index (χ2n) is 6.09. The Morgan fingerprint density at radius 2 is 2.17 bits per heavy atom. The number of carbonyl (C=O) groups is 1. The van der Waals surface area contributed by atoms with Crippen LogP contribution in [-0.2, 0) is 10.0 Å². The van der Waals surface area contributed by atoms with Gasteiger partial charge in [-0.3, -0.25) is 4.79 Å². The lowest BCUT2D eigenvalue weighted by molar-refractivity contribution is 0.0520. The first kappa shape index (κ1) is 16.7. The fourth-order valence-corrected chi connectivity index (χ4v) is 3.43. The zero-order valence-corrected chi connectivity index (χ0v) is 14.1. The molecule has 1 amide bonds. The molecule has 1 fully saturated rings. The Hall–Kier alpha value is -2.19. The van der Waals surface area contributed by atoms with Crippen LogP contribution < -0.4 is 5.14 Å². The van der Waals surface area contributed by atoms with Gasteiger partial charge in [0.1, 0.15) is 5.76 Å². The fraction of sp³-hybridized carbons (Fsp3) is 0.375. The number of nitrogens with two attached hydrogens (primary N) is 1. The second kappa shape index (κ2) is 6.37. The Morgan fingerprint density at radius 1 is 1.38 bits per heavy atom. The first-order valence-corrected chi connectivity index (χ1v) is 9.24. The zero-order valence-electron chi connectivity index (χ0n) is 13.3. The lowest BCUT2D eigenvalue weighted by Gasteiger charge is -2.37. The van der Waals surface area contributed by atoms with Crippen molar-refractivity contribution in [1.29, 1.82) is 0 Å². The third-order valence-electron chi connectivity index (χ3n) is 4.27. The molecule has 2 aromatic heterocycles. The number of hydrogen-bond acceptors (Lipinski definition) is 5. The highest BCUT2D eigenvalue weighted by molar-refractivity contribution is 7.89. The van der Waals surface area contributed by atoms with Gasteiger partial charge in [0.15, 0.2) is 5.03 Å². The third-order valence-corrected chi connectivity index (χ3v) is 5.10. The number of furan rings is 1. The van der Waals surface area contributed by atoms with Crippen molar-refractivity contribution in [3.05, 3.63) is 48.0 Å². The van der Waals surface area contributed by atoms with Crippen LogP contribution in [0.1, 0.15) is 41.9 Å². The first-order chi connectivity index (χ1) is 11.4. The van der Waals surface area contributed by atoms with E-state index in [4.69, 9.17) is 9.56 Å². The SMILES string of the molecule is CC1CCN(C(=O)c2ccc(S(N)(=O)=O)nc2)C(c2ccco2)C1. The Balaban J connectivity index is 1.87. The van der Waals surface area contributed by atoms with Crippen LogP contribution in [0.5, 0.6) is 0 Å². The molecule has 0 radical (unpaired) electrons. The molecule has 24 heavy (non-hydrogen) atoms. The van der Waals surface area contributed by atoms with Crippen LogP contribution in [0.3, 0.4) is 0 Å². The number of aromatic nitrogens is 1. The maximum absolute atomic E-state index is 12.8. The van der Waals surface area contributed by atoms with Gasteiger partial charge in [-0.1, -0.05) is 6.92 Å². The molecule has 8 heteroatoms. The second-order valence-corrected chi connectivity index (χ2v) is 7.60. The largest absolute Gasteiger partial charge is 0.467 e. The summed E-state index contributed by atoms with van der Waals surface area (Å²) in [5, 5.41) is 4.77. The van der Waals surface area contributed by atoms with Crippen LogP contribution >= 0.6 is 0 Å². The van der Waals surface area contributed by atoms with Crippen molar-refractivity contribution >= 4 is 15.9 Å². The van der Waals surface area contributed by atoms with Crippen molar-refractivity contribution in [2.24, 2.45) is 11.1 Å². The van der Waals surface area contributed by atoms with Gasteiger partial charge in [-0.05, 0) is 43.0 Å². The van der Waals surface area contributed by atoms with Crippen LogP contribution in [0.25, 0.3) is 0 Å². The molecule has 1 aliphatic rings. The average Bonchev–Trinajstić information content (AvgIpc) is 3.08. The molecular weight excluding hydrogens is 330 g/mol. The molecule has 2 unspecified atom stereocenters. The number of nitrogens with zero attached hydrogens (tertiary/aromatic N) is 2. The normalized spacial score (nSPS) is 21.7. The summed E-state index contributed by atoms with van der Waals surface area (Å²) in [6.45, 7) is 2.77. The molecule has 2 atom stereocenters. The molecule has 7 nitrogen and oxygen atoms in total. The predicted molar refractivity (Wildman–Crippen MR) is 86.5 cm³/mol. The lowest BCUT2D eigenvalue weighted by atomic mass is 9.90. The Labute approximate surface area is 140 Å². The highest BCUT2D eigenvalue weighted by Gasteiger charge is 2.33. The Bertz CT molecular complexity index is 816. The van der Waals surface area contributed by atoms with E-state index in [0.717, 1.165) is 18.6 Å². The highest BCUT2D eigenvalue weighted by Crippen LogP contribution is 2.35. The van der Waals surface area contributed by atoms with Gasteiger partial charge in [-0.15, -0.1) is 0 Å². The molecule has 128 valence electrons. The van der Waals surface area contributed by atoms with Crippen molar-refractivity contribution in [2.45, 2.75) is 30.8 Å². The van der Waals surface area contributed by atoms with Crippen LogP contribution in [0.15, 0.2) is 46.2 Å². The number of piperidine rings is 1. The van der Waals surface area contributed by atoms with Gasteiger partial charge < -0.3 is 9.32 Å². The average molecular weight is 349 g/mol. The van der Waals surface area contributed by atoms with Crippen LogP contribution in [0.4, 0.5) is 0 Å². The molecule has 0 aliphatic carbocycles. The summed E-state index contributed by atoms with van der Waals surface area (Å²) in [6, 6.07) is 6.23. The molecule has 1 saturated heterocycles. The van der Waals surface area contributed by atoms with Gasteiger partial charge in [0.05, 0.1) is 17.9 Å². The number of amides is 1. The van der Waals surface area contributed by atoms with Gasteiger partial charge >= 0.3 is 0 Å². The molecule has 0 bridgehead atoms. The molecule has 3 heterocycles. The van der Waals surface area contributed by atoms with Crippen molar-refractivity contribution in [2.75, 3.05) is 6.54 Å². The minimum absolute atomic E-state index is 0.130. The van der Waals surface area contributed by atoms with Crippen molar-refractivity contribution < 1.29 is 17.6 Å². The molecule has 2 N–H and O–H groups in total. The molecule has 2 aromatic rings. The smallest absolute Gasteiger partial charge is 0.256 e. The fourth-order valence-electron chi connectivity index (χ4n) is 2.98. The third kappa shape index (κ3) is 3.34. The van der Waals surface area contributed by atoms with Crippen LogP contribution in [0.2, 0.25) is 0 Å². The molecule has 0 saturated carbocycles. The number of primary sulfonamides is 1. The van der Waals surface area contributed by atoms with E-state index in [-0.39, 0.29) is 17.0 Å². The standard InChI is InChI=1S/C16H19N3O4S/c1-11-6-7-19(13(9-11)14-3-2-8-23-14)16(20)12-4-5-15(18-10-12)24(17,21)22/h2-5,8,10-11,13H,6-7,9H2,1H3,(H2,17,21,22). The molecule has 0 spiro atoms. The monoisotopic (exact) mass is 349 g/mol. The van der Waals surface area contributed by atoms with E-state index in [2.05, 4.69) is 11.9 Å². The minimum atomic E-state index is -3.87. The Morgan fingerprint density at radius 3 is 2.75 bits per heavy atom. The van der Waals surface area contributed by atoms with E-state index < -0.39 is 10.0 Å². The van der Waals surface area contributed by atoms with E-state index in [1.165, 1.54) is 18.3 Å². The number of likely N-dealkylation sites (tertiary alicyclic amines) is 1. The molecular formula is C16H19N3O4S. The number of hydrogen-bond donors (Lipinski definition) is 1. The van der Waals surface area contributed by atoms with Crippen molar-refractivity contribution in [3.63, 3.8) is 0 Å². The van der Waals surface area contributed by atoms with Crippen LogP contribution in [-0.4, -0.2) is 30.8 Å². The summed E-state index contributed by atoms with van der Waals surface area (Å²) in [5.74, 6) is 1.05. The van der Waals surface area contributed by atoms with Gasteiger partial charge in [0, 0.05) is 12.7 Å². The highest BCUT2D eigenvalue weighted by atomic mass is 32.2. The summed E-state index contributed by atoms with van der Waals surface area (Å²) in [7, 11) is -3.87. The number of sulfonamides is 1. The zero-order chi connectivity index (χ0) is 17.3. The lowest BCUT2D eigenvalue weighted by Crippen LogP contribution is -2.40. The minimum Gasteiger partial charge on any atom is -0.467 e. The summed E-state index contributed by atoms with van der Waals surface area (Å²) < 4.78 is 28.0. The molecule has 0 aromatic carbocycles. The van der Waals surface area contributed by atoms with Gasteiger partial charge in [0.25, 0.3) is 15.9 Å². The van der Waals surface area contributed by atoms with E-state index in [1.54, 1.807) is 17.2 Å². The number of rotatable bonds is 3. The van der Waals surface area contributed by atoms with Crippen molar-refractivity contribution in [3.8, 4) is 0 Å².